The van der Waals surface area contributed by atoms with E-state index >= 15 is 0 Å². The minimum Gasteiger partial charge on any atom is -0.501 e. The molecule has 2 aromatic heterocycles. The van der Waals surface area contributed by atoms with E-state index in [2.05, 4.69) is 9.97 Å². The Morgan fingerprint density at radius 3 is 3.08 bits per heavy atom. The zero-order valence-electron chi connectivity index (χ0n) is 6.41. The fraction of sp³-hybridized carbons (Fsp3) is 0. The molecule has 0 atom stereocenters. The first-order chi connectivity index (χ1) is 6.20. The molecule has 0 fully saturated rings. The smallest absolute Gasteiger partial charge is 0.294 e. The molecule has 2 rings (SSSR count). The highest BCUT2D eigenvalue weighted by Gasteiger charge is 2.10. The molecule has 0 saturated heterocycles. The van der Waals surface area contributed by atoms with Crippen LogP contribution in [0, 0.1) is 5.82 Å². The van der Waals surface area contributed by atoms with Gasteiger partial charge in [-0.15, -0.1) is 0 Å². The number of hydrogen-bond acceptors (Lipinski definition) is 3. The van der Waals surface area contributed by atoms with Crippen molar-refractivity contribution in [1.29, 1.82) is 0 Å². The molecule has 0 aliphatic rings. The van der Waals surface area contributed by atoms with Gasteiger partial charge in [0.2, 0.25) is 5.75 Å². The van der Waals surface area contributed by atoms with E-state index in [1.165, 1.54) is 18.3 Å². The van der Waals surface area contributed by atoms with Gasteiger partial charge in [0.05, 0.1) is 5.39 Å². The minimum atomic E-state index is -0.938. The van der Waals surface area contributed by atoms with Crippen molar-refractivity contribution in [2.75, 3.05) is 0 Å². The van der Waals surface area contributed by atoms with Gasteiger partial charge in [-0.25, -0.2) is 9.37 Å². The molecular weight excluding hydrogens is 175 g/mol. The molecule has 0 aromatic carbocycles. The van der Waals surface area contributed by atoms with Crippen LogP contribution in [-0.2, 0) is 0 Å². The zero-order chi connectivity index (χ0) is 9.42. The van der Waals surface area contributed by atoms with Crippen molar-refractivity contribution in [2.45, 2.75) is 0 Å². The Hall–Kier alpha value is -1.91. The van der Waals surface area contributed by atoms with Gasteiger partial charge in [0.1, 0.15) is 5.65 Å². The summed E-state index contributed by atoms with van der Waals surface area (Å²) in [6, 6.07) is 2.94. The molecule has 0 radical (unpaired) electrons. The predicted molar refractivity (Wildman–Crippen MR) is 44.0 cm³/mol. The molecule has 13 heavy (non-hydrogen) atoms. The minimum absolute atomic E-state index is 0.0969. The number of rotatable bonds is 0. The van der Waals surface area contributed by atoms with Gasteiger partial charge in [0, 0.05) is 6.20 Å². The van der Waals surface area contributed by atoms with Crippen LogP contribution >= 0.6 is 0 Å². The molecule has 2 N–H and O–H groups in total. The summed E-state index contributed by atoms with van der Waals surface area (Å²) in [5, 5.41) is 9.05. The lowest BCUT2D eigenvalue weighted by Crippen LogP contribution is -2.08. The van der Waals surface area contributed by atoms with E-state index in [0.29, 0.717) is 0 Å². The Kier molecular flexibility index (Phi) is 1.51. The number of aromatic hydroxyl groups is 1. The Morgan fingerprint density at radius 2 is 2.31 bits per heavy atom. The van der Waals surface area contributed by atoms with Gasteiger partial charge >= 0.3 is 0 Å². The Labute approximate surface area is 71.7 Å². The van der Waals surface area contributed by atoms with Gasteiger partial charge in [-0.05, 0) is 12.1 Å². The van der Waals surface area contributed by atoms with Crippen molar-refractivity contribution >= 4 is 11.0 Å². The molecule has 0 bridgehead atoms. The number of nitrogens with one attached hydrogen (secondary N) is 1. The number of aromatic amines is 1. The van der Waals surface area contributed by atoms with Crippen LogP contribution in [0.15, 0.2) is 23.1 Å². The highest BCUT2D eigenvalue weighted by molar-refractivity contribution is 5.76. The van der Waals surface area contributed by atoms with Crippen LogP contribution < -0.4 is 5.56 Å². The lowest BCUT2D eigenvalue weighted by molar-refractivity contribution is 0.428. The monoisotopic (exact) mass is 180 g/mol. The largest absolute Gasteiger partial charge is 0.501 e. The van der Waals surface area contributed by atoms with Crippen molar-refractivity contribution in [1.82, 2.24) is 9.97 Å². The summed E-state index contributed by atoms with van der Waals surface area (Å²) in [5.74, 6) is -1.84. The highest BCUT2D eigenvalue weighted by Crippen LogP contribution is 2.17. The van der Waals surface area contributed by atoms with Crippen molar-refractivity contribution in [3.05, 3.63) is 34.5 Å². The van der Waals surface area contributed by atoms with E-state index in [1.807, 2.05) is 0 Å². The predicted octanol–water partition coefficient (Wildman–Crippen LogP) is 0.768. The third-order valence-electron chi connectivity index (χ3n) is 1.70. The molecule has 2 aromatic rings. The first-order valence-electron chi connectivity index (χ1n) is 3.55. The van der Waals surface area contributed by atoms with Crippen LogP contribution in [0.3, 0.4) is 0 Å². The molecule has 0 unspecified atom stereocenters. The average Bonchev–Trinajstić information content (AvgIpc) is 2.15. The average molecular weight is 180 g/mol. The van der Waals surface area contributed by atoms with Gasteiger partial charge in [-0.2, -0.15) is 0 Å². The van der Waals surface area contributed by atoms with E-state index in [0.717, 1.165) is 0 Å². The number of fused-ring (bicyclic) bond motifs is 1. The van der Waals surface area contributed by atoms with Gasteiger partial charge in [-0.1, -0.05) is 0 Å². The molecule has 4 nitrogen and oxygen atoms in total. The molecule has 0 saturated carbocycles. The van der Waals surface area contributed by atoms with Crippen LogP contribution in [0.2, 0.25) is 0 Å². The maximum atomic E-state index is 13.1. The van der Waals surface area contributed by atoms with Crippen LogP contribution in [-0.4, -0.2) is 15.1 Å². The Bertz CT molecular complexity index is 521. The molecule has 0 aliphatic heterocycles. The summed E-state index contributed by atoms with van der Waals surface area (Å²) in [5.41, 5.74) is -0.744. The highest BCUT2D eigenvalue weighted by atomic mass is 19.1. The number of nitrogens with zero attached hydrogens (tertiary/aromatic N) is 1. The first-order valence-corrected chi connectivity index (χ1v) is 3.55. The Morgan fingerprint density at radius 1 is 1.54 bits per heavy atom. The van der Waals surface area contributed by atoms with Crippen molar-refractivity contribution in [3.8, 4) is 5.75 Å². The van der Waals surface area contributed by atoms with E-state index in [1.54, 1.807) is 0 Å². The van der Waals surface area contributed by atoms with Crippen LogP contribution in [0.25, 0.3) is 11.0 Å². The molecule has 2 heterocycles. The van der Waals surface area contributed by atoms with Crippen molar-refractivity contribution in [3.63, 3.8) is 0 Å². The molecule has 5 heteroatoms. The number of aromatic nitrogens is 2. The lowest BCUT2D eigenvalue weighted by Gasteiger charge is -1.98. The normalized spacial score (nSPS) is 10.5. The number of H-pyrrole nitrogens is 1. The molecule has 66 valence electrons. The second kappa shape index (κ2) is 2.55. The molecule has 0 amide bonds. The summed E-state index contributed by atoms with van der Waals surface area (Å²) in [6.07, 6.45) is 1.43. The first kappa shape index (κ1) is 7.72. The summed E-state index contributed by atoms with van der Waals surface area (Å²) in [7, 11) is 0. The fourth-order valence-electron chi connectivity index (χ4n) is 1.08. The van der Waals surface area contributed by atoms with Crippen molar-refractivity contribution in [2.24, 2.45) is 0 Å². The second-order valence-corrected chi connectivity index (χ2v) is 2.52. The maximum Gasteiger partial charge on any atom is 0.294 e. The van der Waals surface area contributed by atoms with E-state index in [-0.39, 0.29) is 11.0 Å². The summed E-state index contributed by atoms with van der Waals surface area (Å²) >= 11 is 0. The van der Waals surface area contributed by atoms with Crippen LogP contribution in [0.4, 0.5) is 4.39 Å². The Balaban J connectivity index is 3.02. The maximum absolute atomic E-state index is 13.1. The fourth-order valence-corrected chi connectivity index (χ4v) is 1.08. The topological polar surface area (TPSA) is 66.0 Å². The quantitative estimate of drug-likeness (QED) is 0.629. The van der Waals surface area contributed by atoms with Crippen LogP contribution in [0.1, 0.15) is 0 Å². The number of pyridine rings is 2. The zero-order valence-corrected chi connectivity index (χ0v) is 6.41. The number of hydrogen-bond donors (Lipinski definition) is 2. The SMILES string of the molecule is O=c1[nH]c2ncccc2c(F)c1O. The van der Waals surface area contributed by atoms with E-state index in [4.69, 9.17) is 5.11 Å². The van der Waals surface area contributed by atoms with Crippen molar-refractivity contribution < 1.29 is 9.50 Å². The van der Waals surface area contributed by atoms with Gasteiger partial charge < -0.3 is 10.1 Å². The molecular formula is C8H5FN2O2. The third-order valence-corrected chi connectivity index (χ3v) is 1.70. The summed E-state index contributed by atoms with van der Waals surface area (Å²) < 4.78 is 13.1. The summed E-state index contributed by atoms with van der Waals surface area (Å²) in [6.45, 7) is 0. The number of halogens is 1. The van der Waals surface area contributed by atoms with Gasteiger partial charge in [0.15, 0.2) is 5.82 Å². The molecule has 0 aliphatic carbocycles. The van der Waals surface area contributed by atoms with Gasteiger partial charge in [-0.3, -0.25) is 4.79 Å². The third kappa shape index (κ3) is 1.05. The van der Waals surface area contributed by atoms with E-state index in [9.17, 15) is 9.18 Å². The van der Waals surface area contributed by atoms with E-state index < -0.39 is 17.1 Å². The second-order valence-electron chi connectivity index (χ2n) is 2.52. The standard InChI is InChI=1S/C8H5FN2O2/c9-5-4-2-1-3-10-7(4)11-8(13)6(5)12/h1-3,12H,(H,10,11,13). The van der Waals surface area contributed by atoms with Crippen LogP contribution in [0.5, 0.6) is 5.75 Å². The summed E-state index contributed by atoms with van der Waals surface area (Å²) in [4.78, 5) is 16.8. The molecule has 0 spiro atoms. The van der Waals surface area contributed by atoms with Gasteiger partial charge in [0.25, 0.3) is 5.56 Å². The lowest BCUT2D eigenvalue weighted by atomic mass is 10.3.